The van der Waals surface area contributed by atoms with Crippen molar-refractivity contribution in [2.75, 3.05) is 5.32 Å². The molecule has 0 aliphatic heterocycles. The zero-order valence-electron chi connectivity index (χ0n) is 9.77. The first kappa shape index (κ1) is 11.3. The first-order valence-corrected chi connectivity index (χ1v) is 5.41. The molecule has 1 atom stereocenters. The van der Waals surface area contributed by atoms with Gasteiger partial charge < -0.3 is 5.32 Å². The maximum atomic E-state index is 11.1. The van der Waals surface area contributed by atoms with Gasteiger partial charge in [0.15, 0.2) is 5.82 Å². The molecular formula is C12H14N4O. The molecule has 88 valence electrons. The number of aryl methyl sites for hydroxylation is 1. The summed E-state index contributed by atoms with van der Waals surface area (Å²) in [6.45, 7) is 3.81. The lowest BCUT2D eigenvalue weighted by Crippen LogP contribution is -2.18. The van der Waals surface area contributed by atoms with E-state index >= 15 is 0 Å². The molecule has 0 aliphatic carbocycles. The van der Waals surface area contributed by atoms with Gasteiger partial charge in [-0.1, -0.05) is 30.3 Å². The van der Waals surface area contributed by atoms with Gasteiger partial charge in [-0.05, 0) is 19.4 Å². The molecule has 0 fully saturated rings. The van der Waals surface area contributed by atoms with Crippen molar-refractivity contribution in [2.24, 2.45) is 0 Å². The van der Waals surface area contributed by atoms with Crippen molar-refractivity contribution < 1.29 is 0 Å². The quantitative estimate of drug-likeness (QED) is 0.841. The van der Waals surface area contributed by atoms with Crippen LogP contribution in [0.3, 0.4) is 0 Å². The van der Waals surface area contributed by atoms with Crippen LogP contribution in [0.1, 0.15) is 24.2 Å². The maximum absolute atomic E-state index is 11.1. The summed E-state index contributed by atoms with van der Waals surface area (Å²) in [5.41, 5.74) is 1.36. The third-order valence-corrected chi connectivity index (χ3v) is 2.53. The van der Waals surface area contributed by atoms with Crippen molar-refractivity contribution in [2.45, 2.75) is 19.9 Å². The Morgan fingerprint density at radius 1 is 1.29 bits per heavy atom. The number of aromatic amines is 1. The van der Waals surface area contributed by atoms with Gasteiger partial charge in [0, 0.05) is 0 Å². The molecule has 2 N–H and O–H groups in total. The highest BCUT2D eigenvalue weighted by Gasteiger charge is 2.08. The molecule has 1 aromatic heterocycles. The van der Waals surface area contributed by atoms with Gasteiger partial charge >= 0.3 is 5.69 Å². The molecule has 0 saturated carbocycles. The predicted molar refractivity (Wildman–Crippen MR) is 65.9 cm³/mol. The highest BCUT2D eigenvalue weighted by Crippen LogP contribution is 2.17. The Morgan fingerprint density at radius 2 is 2.00 bits per heavy atom. The fraction of sp³-hybridized carbons (Fsp3) is 0.250. The smallest absolute Gasteiger partial charge is 0.362 e. The molecule has 2 rings (SSSR count). The van der Waals surface area contributed by atoms with Crippen molar-refractivity contribution in [1.29, 1.82) is 0 Å². The number of aromatic nitrogens is 3. The normalized spacial score (nSPS) is 12.1. The molecule has 0 bridgehead atoms. The SMILES string of the molecule is Cc1n[nH]c(=O)nc1N[C@H](C)c1ccccc1. The number of benzene rings is 1. The minimum Gasteiger partial charge on any atom is -0.362 e. The molecule has 1 heterocycles. The molecule has 5 heteroatoms. The van der Waals surface area contributed by atoms with E-state index in [0.29, 0.717) is 11.5 Å². The topological polar surface area (TPSA) is 70.7 Å². The average molecular weight is 230 g/mol. The molecule has 5 nitrogen and oxygen atoms in total. The Hall–Kier alpha value is -2.17. The van der Waals surface area contributed by atoms with E-state index in [2.05, 4.69) is 20.5 Å². The zero-order valence-corrected chi connectivity index (χ0v) is 9.77. The first-order chi connectivity index (χ1) is 8.16. The lowest BCUT2D eigenvalue weighted by molar-refractivity contribution is 0.828. The lowest BCUT2D eigenvalue weighted by atomic mass is 10.1. The Bertz CT molecular complexity index is 550. The van der Waals surface area contributed by atoms with Gasteiger partial charge in [0.25, 0.3) is 0 Å². The van der Waals surface area contributed by atoms with Gasteiger partial charge in [-0.2, -0.15) is 10.1 Å². The summed E-state index contributed by atoms with van der Waals surface area (Å²) in [7, 11) is 0. The van der Waals surface area contributed by atoms with Gasteiger partial charge in [0.1, 0.15) is 5.69 Å². The number of rotatable bonds is 3. The number of nitrogens with one attached hydrogen (secondary N) is 2. The highest BCUT2D eigenvalue weighted by molar-refractivity contribution is 5.40. The van der Waals surface area contributed by atoms with E-state index in [0.717, 1.165) is 5.56 Å². The summed E-state index contributed by atoms with van der Waals surface area (Å²) >= 11 is 0. The van der Waals surface area contributed by atoms with Crippen LogP contribution in [0.25, 0.3) is 0 Å². The number of hydrogen-bond acceptors (Lipinski definition) is 4. The van der Waals surface area contributed by atoms with Crippen LogP contribution >= 0.6 is 0 Å². The summed E-state index contributed by atoms with van der Waals surface area (Å²) in [6.07, 6.45) is 0. The zero-order chi connectivity index (χ0) is 12.3. The van der Waals surface area contributed by atoms with Gasteiger partial charge in [-0.25, -0.2) is 9.89 Å². The highest BCUT2D eigenvalue weighted by atomic mass is 16.1. The second-order valence-corrected chi connectivity index (χ2v) is 3.85. The minimum absolute atomic E-state index is 0.0750. The first-order valence-electron chi connectivity index (χ1n) is 5.41. The van der Waals surface area contributed by atoms with Gasteiger partial charge in [0.05, 0.1) is 6.04 Å². The maximum Gasteiger partial charge on any atom is 0.363 e. The van der Waals surface area contributed by atoms with E-state index in [1.165, 1.54) is 0 Å². The van der Waals surface area contributed by atoms with E-state index in [-0.39, 0.29) is 6.04 Å². The third-order valence-electron chi connectivity index (χ3n) is 2.53. The van der Waals surface area contributed by atoms with Crippen LogP contribution in [-0.2, 0) is 0 Å². The summed E-state index contributed by atoms with van der Waals surface area (Å²) in [4.78, 5) is 14.9. The van der Waals surface area contributed by atoms with Crippen LogP contribution in [-0.4, -0.2) is 15.2 Å². The van der Waals surface area contributed by atoms with Crippen LogP contribution < -0.4 is 11.0 Å². The van der Waals surface area contributed by atoms with Crippen molar-refractivity contribution in [3.63, 3.8) is 0 Å². The standard InChI is InChI=1S/C12H14N4O/c1-8(10-6-4-3-5-7-10)13-11-9(2)15-16-12(17)14-11/h3-8H,1-2H3,(H2,13,14,16,17)/t8-/m1/s1. The van der Waals surface area contributed by atoms with E-state index in [1.54, 1.807) is 6.92 Å². The van der Waals surface area contributed by atoms with Crippen molar-refractivity contribution >= 4 is 5.82 Å². The molecule has 0 amide bonds. The van der Waals surface area contributed by atoms with Crippen LogP contribution in [0.5, 0.6) is 0 Å². The Balaban J connectivity index is 2.21. The second kappa shape index (κ2) is 4.78. The Morgan fingerprint density at radius 3 is 2.71 bits per heavy atom. The van der Waals surface area contributed by atoms with Gasteiger partial charge in [-0.15, -0.1) is 0 Å². The van der Waals surface area contributed by atoms with Gasteiger partial charge in [-0.3, -0.25) is 0 Å². The van der Waals surface area contributed by atoms with Crippen molar-refractivity contribution in [3.8, 4) is 0 Å². The fourth-order valence-electron chi connectivity index (χ4n) is 1.56. The largest absolute Gasteiger partial charge is 0.363 e. The van der Waals surface area contributed by atoms with Crippen LogP contribution in [0.2, 0.25) is 0 Å². The van der Waals surface area contributed by atoms with E-state index < -0.39 is 5.69 Å². The molecule has 0 spiro atoms. The number of hydrogen-bond donors (Lipinski definition) is 2. The molecule has 0 saturated heterocycles. The predicted octanol–water partition coefficient (Wildman–Crippen LogP) is 1.65. The Kier molecular flexibility index (Phi) is 3.18. The summed E-state index contributed by atoms with van der Waals surface area (Å²) < 4.78 is 0. The molecular weight excluding hydrogens is 216 g/mol. The molecule has 17 heavy (non-hydrogen) atoms. The molecule has 0 radical (unpaired) electrons. The monoisotopic (exact) mass is 230 g/mol. The Labute approximate surface area is 98.9 Å². The van der Waals surface area contributed by atoms with Crippen molar-refractivity contribution in [3.05, 3.63) is 52.1 Å². The molecule has 2 aromatic rings. The minimum atomic E-state index is -0.446. The number of H-pyrrole nitrogens is 1. The van der Waals surface area contributed by atoms with E-state index in [1.807, 2.05) is 37.3 Å². The third kappa shape index (κ3) is 2.69. The molecule has 0 aliphatic rings. The lowest BCUT2D eigenvalue weighted by Gasteiger charge is -2.15. The fourth-order valence-corrected chi connectivity index (χ4v) is 1.56. The average Bonchev–Trinajstić information content (AvgIpc) is 2.35. The van der Waals surface area contributed by atoms with Crippen molar-refractivity contribution in [1.82, 2.24) is 15.2 Å². The molecule has 0 unspecified atom stereocenters. The summed E-state index contributed by atoms with van der Waals surface area (Å²) in [5, 5.41) is 9.33. The second-order valence-electron chi connectivity index (χ2n) is 3.85. The van der Waals surface area contributed by atoms with Crippen LogP contribution in [0, 0.1) is 6.92 Å². The summed E-state index contributed by atoms with van der Waals surface area (Å²) in [6, 6.07) is 10.0. The van der Waals surface area contributed by atoms with E-state index in [4.69, 9.17) is 0 Å². The number of anilines is 1. The molecule has 1 aromatic carbocycles. The van der Waals surface area contributed by atoms with Crippen LogP contribution in [0.15, 0.2) is 35.1 Å². The summed E-state index contributed by atoms with van der Waals surface area (Å²) in [5.74, 6) is 0.519. The van der Waals surface area contributed by atoms with Gasteiger partial charge in [0.2, 0.25) is 0 Å². The van der Waals surface area contributed by atoms with E-state index in [9.17, 15) is 4.79 Å². The number of nitrogens with zero attached hydrogens (tertiary/aromatic N) is 2. The van der Waals surface area contributed by atoms with Crippen LogP contribution in [0.4, 0.5) is 5.82 Å².